The summed E-state index contributed by atoms with van der Waals surface area (Å²) >= 11 is 1.53. The fourth-order valence-corrected chi connectivity index (χ4v) is 4.75. The average molecular weight is 403 g/mol. The Labute approximate surface area is 172 Å². The molecule has 0 bridgehead atoms. The third-order valence-corrected chi connectivity index (χ3v) is 6.46. The fraction of sp³-hybridized carbons (Fsp3) is 0.571. The van der Waals surface area contributed by atoms with E-state index in [0.29, 0.717) is 0 Å². The monoisotopic (exact) mass is 402 g/mol. The zero-order chi connectivity index (χ0) is 20.1. The minimum Gasteiger partial charge on any atom is -0.342 e. The molecule has 0 spiro atoms. The SMILES string of the molecule is CC[C@H](c1nnc(S[C@@H](C)C(=O)N2CCCC2)n1Cc1ccccc1)[NH+](C)C. The van der Waals surface area contributed by atoms with Crippen LogP contribution in [0.4, 0.5) is 0 Å². The van der Waals surface area contributed by atoms with Crippen molar-refractivity contribution in [2.75, 3.05) is 27.2 Å². The van der Waals surface area contributed by atoms with Gasteiger partial charge in [-0.3, -0.25) is 9.36 Å². The highest BCUT2D eigenvalue weighted by molar-refractivity contribution is 8.00. The lowest BCUT2D eigenvalue weighted by Gasteiger charge is -2.22. The van der Waals surface area contributed by atoms with Crippen LogP contribution in [0.15, 0.2) is 35.5 Å². The number of rotatable bonds is 8. The Balaban J connectivity index is 1.87. The lowest BCUT2D eigenvalue weighted by molar-refractivity contribution is -0.893. The Morgan fingerprint density at radius 2 is 1.86 bits per heavy atom. The molecule has 7 heteroatoms. The molecule has 0 saturated carbocycles. The number of nitrogens with zero attached hydrogens (tertiary/aromatic N) is 4. The van der Waals surface area contributed by atoms with E-state index >= 15 is 0 Å². The second kappa shape index (κ2) is 9.56. The molecule has 1 saturated heterocycles. The number of thioether (sulfide) groups is 1. The first kappa shape index (κ1) is 20.9. The van der Waals surface area contributed by atoms with Gasteiger partial charge in [-0.05, 0) is 25.3 Å². The predicted octanol–water partition coefficient (Wildman–Crippen LogP) is 2.03. The van der Waals surface area contributed by atoms with Crippen LogP contribution in [0.3, 0.4) is 0 Å². The van der Waals surface area contributed by atoms with Crippen molar-refractivity contribution in [2.45, 2.75) is 56.1 Å². The van der Waals surface area contributed by atoms with Crippen LogP contribution in [0, 0.1) is 0 Å². The van der Waals surface area contributed by atoms with E-state index in [0.717, 1.165) is 49.9 Å². The molecule has 0 radical (unpaired) electrons. The minimum absolute atomic E-state index is 0.156. The Morgan fingerprint density at radius 3 is 2.46 bits per heavy atom. The smallest absolute Gasteiger partial charge is 0.235 e. The van der Waals surface area contributed by atoms with Gasteiger partial charge in [0.25, 0.3) is 0 Å². The third-order valence-electron chi connectivity index (χ3n) is 5.39. The molecule has 1 aromatic carbocycles. The summed E-state index contributed by atoms with van der Waals surface area (Å²) in [5.74, 6) is 1.21. The molecule has 28 heavy (non-hydrogen) atoms. The van der Waals surface area contributed by atoms with E-state index in [-0.39, 0.29) is 17.2 Å². The number of hydrogen-bond acceptors (Lipinski definition) is 4. The second-order valence-electron chi connectivity index (χ2n) is 7.74. The van der Waals surface area contributed by atoms with Crippen molar-refractivity contribution in [3.05, 3.63) is 41.7 Å². The molecule has 0 unspecified atom stereocenters. The van der Waals surface area contributed by atoms with Crippen LogP contribution in [-0.4, -0.2) is 58.0 Å². The van der Waals surface area contributed by atoms with E-state index in [4.69, 9.17) is 0 Å². The molecule has 1 aromatic heterocycles. The summed E-state index contributed by atoms with van der Waals surface area (Å²) in [7, 11) is 4.31. The normalized spacial score (nSPS) is 16.5. The maximum atomic E-state index is 12.8. The molecular formula is C21H32N5OS+. The van der Waals surface area contributed by atoms with Gasteiger partial charge in [0.2, 0.25) is 5.91 Å². The molecule has 3 rings (SSSR count). The zero-order valence-electron chi connectivity index (χ0n) is 17.4. The van der Waals surface area contributed by atoms with Gasteiger partial charge >= 0.3 is 0 Å². The summed E-state index contributed by atoms with van der Waals surface area (Å²) in [6, 6.07) is 10.7. The highest BCUT2D eigenvalue weighted by Crippen LogP contribution is 2.27. The predicted molar refractivity (Wildman–Crippen MR) is 113 cm³/mol. The van der Waals surface area contributed by atoms with Gasteiger partial charge in [0, 0.05) is 19.5 Å². The summed E-state index contributed by atoms with van der Waals surface area (Å²) in [6.45, 7) is 6.66. The Kier molecular flexibility index (Phi) is 7.13. The van der Waals surface area contributed by atoms with Crippen LogP contribution in [0.5, 0.6) is 0 Å². The zero-order valence-corrected chi connectivity index (χ0v) is 18.2. The number of nitrogens with one attached hydrogen (secondary N) is 1. The molecule has 152 valence electrons. The minimum atomic E-state index is -0.156. The molecule has 6 nitrogen and oxygen atoms in total. The average Bonchev–Trinajstić information content (AvgIpc) is 3.34. The maximum absolute atomic E-state index is 12.8. The first-order valence-corrected chi connectivity index (χ1v) is 11.1. The number of amides is 1. The number of likely N-dealkylation sites (tertiary alicyclic amines) is 1. The Bertz CT molecular complexity index is 770. The van der Waals surface area contributed by atoms with E-state index in [1.807, 2.05) is 17.9 Å². The lowest BCUT2D eigenvalue weighted by Crippen LogP contribution is -3.06. The lowest BCUT2D eigenvalue weighted by atomic mass is 10.2. The van der Waals surface area contributed by atoms with Crippen molar-refractivity contribution in [1.82, 2.24) is 19.7 Å². The summed E-state index contributed by atoms with van der Waals surface area (Å²) in [6.07, 6.45) is 3.21. The Morgan fingerprint density at radius 1 is 1.18 bits per heavy atom. The summed E-state index contributed by atoms with van der Waals surface area (Å²) < 4.78 is 2.20. The summed E-state index contributed by atoms with van der Waals surface area (Å²) in [5.41, 5.74) is 1.22. The maximum Gasteiger partial charge on any atom is 0.235 e. The highest BCUT2D eigenvalue weighted by atomic mass is 32.2. The van der Waals surface area contributed by atoms with Crippen molar-refractivity contribution in [3.8, 4) is 0 Å². The van der Waals surface area contributed by atoms with Gasteiger partial charge in [-0.25, -0.2) is 0 Å². The summed E-state index contributed by atoms with van der Waals surface area (Å²) in [5, 5.41) is 9.74. The van der Waals surface area contributed by atoms with E-state index in [1.54, 1.807) is 0 Å². The van der Waals surface area contributed by atoms with E-state index in [2.05, 4.69) is 60.0 Å². The van der Waals surface area contributed by atoms with Crippen molar-refractivity contribution in [3.63, 3.8) is 0 Å². The van der Waals surface area contributed by atoms with Gasteiger partial charge in [0.15, 0.2) is 11.0 Å². The molecule has 2 heterocycles. The molecule has 2 atom stereocenters. The highest BCUT2D eigenvalue weighted by Gasteiger charge is 2.29. The number of carbonyl (C=O) groups is 1. The van der Waals surface area contributed by atoms with Crippen molar-refractivity contribution in [2.24, 2.45) is 0 Å². The number of carbonyl (C=O) groups excluding carboxylic acids is 1. The van der Waals surface area contributed by atoms with Gasteiger partial charge < -0.3 is 9.80 Å². The fourth-order valence-electron chi connectivity index (χ4n) is 3.81. The van der Waals surface area contributed by atoms with Gasteiger partial charge in [-0.15, -0.1) is 10.2 Å². The molecule has 1 N–H and O–H groups in total. The largest absolute Gasteiger partial charge is 0.342 e. The summed E-state index contributed by atoms with van der Waals surface area (Å²) in [4.78, 5) is 16.1. The van der Waals surface area contributed by atoms with Gasteiger partial charge in [0.05, 0.1) is 25.9 Å². The van der Waals surface area contributed by atoms with Crippen molar-refractivity contribution in [1.29, 1.82) is 0 Å². The van der Waals surface area contributed by atoms with Gasteiger partial charge in [0.1, 0.15) is 6.04 Å². The molecule has 0 aliphatic carbocycles. The van der Waals surface area contributed by atoms with Crippen molar-refractivity contribution < 1.29 is 9.69 Å². The van der Waals surface area contributed by atoms with Crippen molar-refractivity contribution >= 4 is 17.7 Å². The molecule has 1 aliphatic rings. The number of quaternary nitrogens is 1. The van der Waals surface area contributed by atoms with E-state index in [1.165, 1.54) is 22.2 Å². The van der Waals surface area contributed by atoms with Crippen LogP contribution in [0.1, 0.15) is 50.5 Å². The first-order valence-electron chi connectivity index (χ1n) is 10.2. The molecular weight excluding hydrogens is 370 g/mol. The topological polar surface area (TPSA) is 55.5 Å². The van der Waals surface area contributed by atoms with Crippen LogP contribution < -0.4 is 4.90 Å². The molecule has 1 amide bonds. The number of hydrogen-bond donors (Lipinski definition) is 1. The molecule has 1 aliphatic heterocycles. The molecule has 1 fully saturated rings. The first-order chi connectivity index (χ1) is 13.5. The number of benzene rings is 1. The van der Waals surface area contributed by atoms with Crippen LogP contribution in [0.2, 0.25) is 0 Å². The quantitative estimate of drug-likeness (QED) is 0.687. The van der Waals surface area contributed by atoms with E-state index < -0.39 is 0 Å². The van der Waals surface area contributed by atoms with E-state index in [9.17, 15) is 4.79 Å². The number of aromatic nitrogens is 3. The standard InChI is InChI=1S/C21H31N5OS/c1-5-18(24(3)4)19-22-23-21(26(19)15-17-11-7-6-8-12-17)28-16(2)20(27)25-13-9-10-14-25/h6-8,11-12,16,18H,5,9-10,13-15H2,1-4H3/p+1/t16-,18+/m0/s1. The van der Waals surface area contributed by atoms with Crippen LogP contribution >= 0.6 is 11.8 Å². The third kappa shape index (κ3) is 4.75. The van der Waals surface area contributed by atoms with Gasteiger partial charge in [-0.2, -0.15) is 0 Å². The second-order valence-corrected chi connectivity index (χ2v) is 9.05. The molecule has 2 aromatic rings. The Hall–Kier alpha value is -1.86. The van der Waals surface area contributed by atoms with Gasteiger partial charge in [-0.1, -0.05) is 49.0 Å². The van der Waals surface area contributed by atoms with Crippen LogP contribution in [-0.2, 0) is 11.3 Å². The van der Waals surface area contributed by atoms with Crippen LogP contribution in [0.25, 0.3) is 0 Å².